The predicted molar refractivity (Wildman–Crippen MR) is 69.1 cm³/mol. The minimum absolute atomic E-state index is 0.188. The SMILES string of the molecule is c1ccc(CC2COC3(CCCC3)CN2)cc1. The maximum Gasteiger partial charge on any atom is 0.0807 e. The van der Waals surface area contributed by atoms with Crippen LogP contribution in [0.3, 0.4) is 0 Å². The number of nitrogens with one attached hydrogen (secondary N) is 1. The molecule has 2 heteroatoms. The van der Waals surface area contributed by atoms with E-state index in [0.717, 1.165) is 19.6 Å². The number of ether oxygens (including phenoxy) is 1. The summed E-state index contributed by atoms with van der Waals surface area (Å²) in [6, 6.07) is 11.2. The highest BCUT2D eigenvalue weighted by Gasteiger charge is 2.38. The molecule has 0 bridgehead atoms. The van der Waals surface area contributed by atoms with Crippen molar-refractivity contribution in [2.75, 3.05) is 13.2 Å². The molecule has 0 aromatic heterocycles. The maximum absolute atomic E-state index is 6.15. The Morgan fingerprint density at radius 3 is 2.59 bits per heavy atom. The van der Waals surface area contributed by atoms with E-state index in [9.17, 15) is 0 Å². The number of hydrogen-bond acceptors (Lipinski definition) is 2. The van der Waals surface area contributed by atoms with Crippen molar-refractivity contribution in [3.05, 3.63) is 35.9 Å². The van der Waals surface area contributed by atoms with Crippen LogP contribution in [0.1, 0.15) is 31.2 Å². The summed E-state index contributed by atoms with van der Waals surface area (Å²) in [4.78, 5) is 0. The van der Waals surface area contributed by atoms with E-state index in [2.05, 4.69) is 35.6 Å². The Bertz CT molecular complexity index is 346. The quantitative estimate of drug-likeness (QED) is 0.844. The van der Waals surface area contributed by atoms with Gasteiger partial charge < -0.3 is 10.1 Å². The van der Waals surface area contributed by atoms with Gasteiger partial charge in [-0.25, -0.2) is 0 Å². The Labute approximate surface area is 103 Å². The minimum atomic E-state index is 0.188. The highest BCUT2D eigenvalue weighted by atomic mass is 16.5. The number of benzene rings is 1. The second-order valence-corrected chi connectivity index (χ2v) is 5.47. The third-order valence-electron chi connectivity index (χ3n) is 4.14. The van der Waals surface area contributed by atoms with Gasteiger partial charge in [-0.15, -0.1) is 0 Å². The first-order chi connectivity index (χ1) is 8.36. The average Bonchev–Trinajstić information content (AvgIpc) is 2.83. The molecule has 1 spiro atoms. The first kappa shape index (κ1) is 11.2. The highest BCUT2D eigenvalue weighted by molar-refractivity contribution is 5.16. The van der Waals surface area contributed by atoms with Crippen molar-refractivity contribution >= 4 is 0 Å². The van der Waals surface area contributed by atoms with Crippen LogP contribution in [-0.4, -0.2) is 24.8 Å². The van der Waals surface area contributed by atoms with Crippen LogP contribution in [0.4, 0.5) is 0 Å². The van der Waals surface area contributed by atoms with Gasteiger partial charge in [-0.1, -0.05) is 43.2 Å². The van der Waals surface area contributed by atoms with E-state index in [-0.39, 0.29) is 5.60 Å². The lowest BCUT2D eigenvalue weighted by Crippen LogP contribution is -2.53. The normalized spacial score (nSPS) is 27.4. The molecule has 2 fully saturated rings. The third-order valence-corrected chi connectivity index (χ3v) is 4.14. The van der Waals surface area contributed by atoms with Crippen LogP contribution in [-0.2, 0) is 11.2 Å². The molecule has 1 heterocycles. The molecule has 3 rings (SSSR count). The number of rotatable bonds is 2. The van der Waals surface area contributed by atoms with Crippen molar-refractivity contribution in [2.45, 2.75) is 43.7 Å². The molecule has 1 aliphatic carbocycles. The molecule has 1 N–H and O–H groups in total. The monoisotopic (exact) mass is 231 g/mol. The van der Waals surface area contributed by atoms with E-state index >= 15 is 0 Å². The van der Waals surface area contributed by atoms with E-state index in [1.807, 2.05) is 0 Å². The maximum atomic E-state index is 6.15. The molecular formula is C15H21NO. The van der Waals surface area contributed by atoms with Crippen LogP contribution in [0.15, 0.2) is 30.3 Å². The highest BCUT2D eigenvalue weighted by Crippen LogP contribution is 2.34. The van der Waals surface area contributed by atoms with Gasteiger partial charge in [0, 0.05) is 12.6 Å². The smallest absolute Gasteiger partial charge is 0.0807 e. The predicted octanol–water partition coefficient (Wildman–Crippen LogP) is 2.53. The summed E-state index contributed by atoms with van der Waals surface area (Å²) in [7, 11) is 0. The molecule has 1 unspecified atom stereocenters. The molecule has 2 aliphatic rings. The lowest BCUT2D eigenvalue weighted by molar-refractivity contribution is -0.0779. The Hall–Kier alpha value is -0.860. The molecule has 0 radical (unpaired) electrons. The van der Waals surface area contributed by atoms with Gasteiger partial charge in [-0.05, 0) is 24.8 Å². The topological polar surface area (TPSA) is 21.3 Å². The molecule has 0 amide bonds. The van der Waals surface area contributed by atoms with Gasteiger partial charge in [0.1, 0.15) is 0 Å². The van der Waals surface area contributed by atoms with Gasteiger partial charge in [0.15, 0.2) is 0 Å². The number of hydrogen-bond donors (Lipinski definition) is 1. The lowest BCUT2D eigenvalue weighted by atomic mass is 9.97. The first-order valence-electron chi connectivity index (χ1n) is 6.78. The van der Waals surface area contributed by atoms with Crippen molar-refractivity contribution in [2.24, 2.45) is 0 Å². The van der Waals surface area contributed by atoms with Crippen LogP contribution in [0, 0.1) is 0 Å². The Balaban J connectivity index is 1.55. The first-order valence-corrected chi connectivity index (χ1v) is 6.78. The summed E-state index contributed by atoms with van der Waals surface area (Å²) in [5.41, 5.74) is 1.59. The molecule has 2 nitrogen and oxygen atoms in total. The summed E-state index contributed by atoms with van der Waals surface area (Å²) in [6.45, 7) is 1.92. The summed E-state index contributed by atoms with van der Waals surface area (Å²) >= 11 is 0. The van der Waals surface area contributed by atoms with Crippen LogP contribution < -0.4 is 5.32 Å². The Kier molecular flexibility index (Phi) is 3.17. The van der Waals surface area contributed by atoms with E-state index in [4.69, 9.17) is 4.74 Å². The third kappa shape index (κ3) is 2.53. The van der Waals surface area contributed by atoms with Crippen LogP contribution in [0.25, 0.3) is 0 Å². The van der Waals surface area contributed by atoms with Crippen LogP contribution >= 0.6 is 0 Å². The fourth-order valence-corrected chi connectivity index (χ4v) is 3.09. The molecule has 1 atom stereocenters. The van der Waals surface area contributed by atoms with Gasteiger partial charge in [-0.2, -0.15) is 0 Å². The summed E-state index contributed by atoms with van der Waals surface area (Å²) in [5, 5.41) is 3.68. The van der Waals surface area contributed by atoms with Crippen molar-refractivity contribution in [3.8, 4) is 0 Å². The summed E-state index contributed by atoms with van der Waals surface area (Å²) in [5.74, 6) is 0. The zero-order chi connectivity index (χ0) is 11.6. The molecule has 1 saturated heterocycles. The zero-order valence-corrected chi connectivity index (χ0v) is 10.3. The minimum Gasteiger partial charge on any atom is -0.372 e. The van der Waals surface area contributed by atoms with Crippen molar-refractivity contribution in [1.29, 1.82) is 0 Å². The Morgan fingerprint density at radius 2 is 1.94 bits per heavy atom. The molecule has 92 valence electrons. The van der Waals surface area contributed by atoms with E-state index in [1.54, 1.807) is 0 Å². The average molecular weight is 231 g/mol. The fraction of sp³-hybridized carbons (Fsp3) is 0.600. The van der Waals surface area contributed by atoms with E-state index in [0.29, 0.717) is 6.04 Å². The van der Waals surface area contributed by atoms with Crippen LogP contribution in [0.2, 0.25) is 0 Å². The molecule has 1 aliphatic heterocycles. The lowest BCUT2D eigenvalue weighted by Gasteiger charge is -2.38. The van der Waals surface area contributed by atoms with Gasteiger partial charge in [0.2, 0.25) is 0 Å². The second-order valence-electron chi connectivity index (χ2n) is 5.47. The Morgan fingerprint density at radius 1 is 1.18 bits per heavy atom. The number of morpholine rings is 1. The molecule has 17 heavy (non-hydrogen) atoms. The van der Waals surface area contributed by atoms with Crippen molar-refractivity contribution < 1.29 is 4.74 Å². The summed E-state index contributed by atoms with van der Waals surface area (Å²) in [6.07, 6.45) is 6.25. The molecule has 1 saturated carbocycles. The van der Waals surface area contributed by atoms with Crippen molar-refractivity contribution in [3.63, 3.8) is 0 Å². The van der Waals surface area contributed by atoms with E-state index < -0.39 is 0 Å². The fourth-order valence-electron chi connectivity index (χ4n) is 3.09. The largest absolute Gasteiger partial charge is 0.372 e. The van der Waals surface area contributed by atoms with Gasteiger partial charge in [0.25, 0.3) is 0 Å². The standard InChI is InChI=1S/C15H21NO/c1-2-6-13(7-3-1)10-14-11-17-15(12-16-14)8-4-5-9-15/h1-3,6-7,14,16H,4-5,8-12H2. The van der Waals surface area contributed by atoms with Crippen molar-refractivity contribution in [1.82, 2.24) is 5.32 Å². The van der Waals surface area contributed by atoms with Gasteiger partial charge in [-0.3, -0.25) is 0 Å². The molecular weight excluding hydrogens is 210 g/mol. The second kappa shape index (κ2) is 4.79. The summed E-state index contributed by atoms with van der Waals surface area (Å²) < 4.78 is 6.15. The van der Waals surface area contributed by atoms with Gasteiger partial charge >= 0.3 is 0 Å². The zero-order valence-electron chi connectivity index (χ0n) is 10.3. The van der Waals surface area contributed by atoms with E-state index in [1.165, 1.54) is 31.2 Å². The van der Waals surface area contributed by atoms with Gasteiger partial charge in [0.05, 0.1) is 12.2 Å². The molecule has 1 aromatic rings. The van der Waals surface area contributed by atoms with Crippen LogP contribution in [0.5, 0.6) is 0 Å². The molecule has 1 aromatic carbocycles.